The van der Waals surface area contributed by atoms with Gasteiger partial charge in [-0.1, -0.05) is 6.07 Å². The highest BCUT2D eigenvalue weighted by molar-refractivity contribution is 7.98. The van der Waals surface area contributed by atoms with Crippen molar-refractivity contribution in [3.63, 3.8) is 0 Å². The number of amides is 1. The van der Waals surface area contributed by atoms with E-state index in [1.807, 2.05) is 26.0 Å². The van der Waals surface area contributed by atoms with Gasteiger partial charge in [-0.15, -0.1) is 11.8 Å². The number of halogens is 2. The molecule has 0 unspecified atom stereocenters. The molecule has 162 valence electrons. The lowest BCUT2D eigenvalue weighted by molar-refractivity contribution is 0.101. The molecule has 0 aliphatic carbocycles. The summed E-state index contributed by atoms with van der Waals surface area (Å²) in [5.41, 5.74) is 3.58. The van der Waals surface area contributed by atoms with E-state index in [2.05, 4.69) is 15.3 Å². The minimum Gasteiger partial charge on any atom is -0.322 e. The van der Waals surface area contributed by atoms with E-state index >= 15 is 0 Å². The van der Waals surface area contributed by atoms with Crippen LogP contribution in [0.4, 0.5) is 14.5 Å². The fourth-order valence-electron chi connectivity index (χ4n) is 3.18. The molecule has 0 saturated carbocycles. The predicted octanol–water partition coefficient (Wildman–Crippen LogP) is 5.36. The third-order valence-corrected chi connectivity index (χ3v) is 6.08. The first kappa shape index (κ1) is 21.7. The normalized spacial score (nSPS) is 11.0. The molecule has 0 bridgehead atoms. The number of aromatic nitrogens is 2. The molecular weight excluding hydrogens is 432 g/mol. The van der Waals surface area contributed by atoms with Gasteiger partial charge in [-0.2, -0.15) is 0 Å². The van der Waals surface area contributed by atoms with Gasteiger partial charge in [-0.25, -0.2) is 13.8 Å². The molecule has 1 aromatic heterocycles. The monoisotopic (exact) mass is 451 g/mol. The van der Waals surface area contributed by atoms with E-state index in [9.17, 15) is 18.4 Å². The molecule has 0 atom stereocenters. The Bertz CT molecular complexity index is 1360. The van der Waals surface area contributed by atoms with Crippen molar-refractivity contribution in [2.24, 2.45) is 0 Å². The van der Waals surface area contributed by atoms with Gasteiger partial charge in [-0.3, -0.25) is 9.59 Å². The number of carbonyl (C=O) groups is 1. The van der Waals surface area contributed by atoms with E-state index in [-0.39, 0.29) is 5.56 Å². The summed E-state index contributed by atoms with van der Waals surface area (Å²) in [5, 5.41) is 2.48. The summed E-state index contributed by atoms with van der Waals surface area (Å²) in [6.45, 7) is 3.98. The molecule has 8 heteroatoms. The Hall–Kier alpha value is -3.52. The van der Waals surface area contributed by atoms with Gasteiger partial charge in [0.1, 0.15) is 22.9 Å². The number of anilines is 1. The Morgan fingerprint density at radius 2 is 1.69 bits per heavy atom. The van der Waals surface area contributed by atoms with Crippen molar-refractivity contribution in [1.29, 1.82) is 0 Å². The summed E-state index contributed by atoms with van der Waals surface area (Å²) in [4.78, 5) is 32.8. The number of benzene rings is 3. The number of hydrogen-bond donors (Lipinski definition) is 2. The number of carbonyl (C=O) groups excluding carboxylic acids is 1. The Morgan fingerprint density at radius 1 is 1.03 bits per heavy atom. The topological polar surface area (TPSA) is 74.8 Å². The van der Waals surface area contributed by atoms with Crippen LogP contribution in [0.5, 0.6) is 0 Å². The van der Waals surface area contributed by atoms with Crippen LogP contribution in [0, 0.1) is 25.5 Å². The van der Waals surface area contributed by atoms with Gasteiger partial charge in [0.15, 0.2) is 0 Å². The molecule has 5 nitrogen and oxygen atoms in total. The maximum atomic E-state index is 13.8. The summed E-state index contributed by atoms with van der Waals surface area (Å²) >= 11 is 1.42. The molecule has 0 radical (unpaired) electrons. The van der Waals surface area contributed by atoms with Crippen LogP contribution < -0.4 is 10.9 Å². The van der Waals surface area contributed by atoms with Crippen LogP contribution in [0.2, 0.25) is 0 Å². The minimum atomic E-state index is -0.923. The van der Waals surface area contributed by atoms with Crippen molar-refractivity contribution >= 4 is 34.4 Å². The number of aromatic amines is 1. The van der Waals surface area contributed by atoms with Gasteiger partial charge >= 0.3 is 0 Å². The number of nitrogens with one attached hydrogen (secondary N) is 2. The Kier molecular flexibility index (Phi) is 6.05. The Morgan fingerprint density at radius 3 is 2.38 bits per heavy atom. The molecule has 2 N–H and O–H groups in total. The van der Waals surface area contributed by atoms with Crippen LogP contribution in [0.3, 0.4) is 0 Å². The maximum Gasteiger partial charge on any atom is 0.271 e. The standard InChI is InChI=1S/C24H19F2N3O2S/c1-13-10-19-20(11-14(13)2)29-23(30)21(28-19)12-32-16-8-6-15(7-9-16)27-24(31)22-17(25)4-3-5-18(22)26/h3-11H,12H2,1-2H3,(H,27,31)(H,29,30). The largest absolute Gasteiger partial charge is 0.322 e. The second-order valence-electron chi connectivity index (χ2n) is 7.33. The second-order valence-corrected chi connectivity index (χ2v) is 8.38. The fraction of sp³-hybridized carbons (Fsp3) is 0.125. The number of rotatable bonds is 5. The van der Waals surface area contributed by atoms with E-state index in [1.165, 1.54) is 17.8 Å². The maximum absolute atomic E-state index is 13.8. The molecule has 0 saturated heterocycles. The first-order valence-corrected chi connectivity index (χ1v) is 10.8. The third-order valence-electron chi connectivity index (χ3n) is 5.06. The van der Waals surface area contributed by atoms with E-state index in [4.69, 9.17) is 0 Å². The van der Waals surface area contributed by atoms with E-state index in [1.54, 1.807) is 24.3 Å². The zero-order chi connectivity index (χ0) is 22.8. The number of aryl methyl sites for hydroxylation is 2. The molecule has 3 aromatic carbocycles. The predicted molar refractivity (Wildman–Crippen MR) is 122 cm³/mol. The van der Waals surface area contributed by atoms with Crippen molar-refractivity contribution < 1.29 is 13.6 Å². The van der Waals surface area contributed by atoms with Crippen LogP contribution >= 0.6 is 11.8 Å². The van der Waals surface area contributed by atoms with Gasteiger partial charge in [0, 0.05) is 16.3 Å². The molecule has 1 heterocycles. The smallest absolute Gasteiger partial charge is 0.271 e. The quantitative estimate of drug-likeness (QED) is 0.401. The van der Waals surface area contributed by atoms with Crippen LogP contribution in [0.25, 0.3) is 11.0 Å². The van der Waals surface area contributed by atoms with Crippen molar-refractivity contribution in [3.05, 3.63) is 99.0 Å². The fourth-order valence-corrected chi connectivity index (χ4v) is 4.00. The van der Waals surface area contributed by atoms with Gasteiger partial charge in [-0.05, 0) is 73.5 Å². The number of nitrogens with zero attached hydrogens (tertiary/aromatic N) is 1. The highest BCUT2D eigenvalue weighted by atomic mass is 32.2. The second kappa shape index (κ2) is 8.92. The van der Waals surface area contributed by atoms with Gasteiger partial charge < -0.3 is 10.3 Å². The van der Waals surface area contributed by atoms with E-state index in [0.29, 0.717) is 22.7 Å². The molecule has 0 fully saturated rings. The lowest BCUT2D eigenvalue weighted by Gasteiger charge is -2.08. The average molecular weight is 451 g/mol. The van der Waals surface area contributed by atoms with Crippen molar-refractivity contribution in [1.82, 2.24) is 9.97 Å². The number of hydrogen-bond acceptors (Lipinski definition) is 4. The van der Waals surface area contributed by atoms with Crippen LogP contribution in [-0.4, -0.2) is 15.9 Å². The molecular formula is C24H19F2N3O2S. The first-order chi connectivity index (χ1) is 15.3. The summed E-state index contributed by atoms with van der Waals surface area (Å²) in [5.74, 6) is -2.34. The van der Waals surface area contributed by atoms with Crippen LogP contribution in [0.15, 0.2) is 64.3 Å². The van der Waals surface area contributed by atoms with Crippen molar-refractivity contribution in [2.45, 2.75) is 24.5 Å². The summed E-state index contributed by atoms with van der Waals surface area (Å²) in [6.07, 6.45) is 0. The SMILES string of the molecule is Cc1cc2nc(CSc3ccc(NC(=O)c4c(F)cccc4F)cc3)c(=O)[nH]c2cc1C. The van der Waals surface area contributed by atoms with Crippen LogP contribution in [-0.2, 0) is 5.75 Å². The number of fused-ring (bicyclic) bond motifs is 1. The molecule has 4 rings (SSSR count). The summed E-state index contributed by atoms with van der Waals surface area (Å²) in [7, 11) is 0. The van der Waals surface area contributed by atoms with Gasteiger partial charge in [0.05, 0.1) is 11.0 Å². The third kappa shape index (κ3) is 4.55. The lowest BCUT2D eigenvalue weighted by Crippen LogP contribution is -2.15. The van der Waals surface area contributed by atoms with Crippen molar-refractivity contribution in [3.8, 4) is 0 Å². The molecule has 32 heavy (non-hydrogen) atoms. The molecule has 0 spiro atoms. The molecule has 4 aromatic rings. The lowest BCUT2D eigenvalue weighted by atomic mass is 10.1. The summed E-state index contributed by atoms with van der Waals surface area (Å²) in [6, 6.07) is 13.9. The highest BCUT2D eigenvalue weighted by Gasteiger charge is 2.17. The van der Waals surface area contributed by atoms with Crippen molar-refractivity contribution in [2.75, 3.05) is 5.32 Å². The number of thioether (sulfide) groups is 1. The van der Waals surface area contributed by atoms with Gasteiger partial charge in [0.2, 0.25) is 0 Å². The van der Waals surface area contributed by atoms with E-state index in [0.717, 1.165) is 33.7 Å². The molecule has 0 aliphatic heterocycles. The first-order valence-electron chi connectivity index (χ1n) is 9.80. The molecule has 0 aliphatic rings. The Balaban J connectivity index is 1.45. The average Bonchev–Trinajstić information content (AvgIpc) is 2.74. The van der Waals surface area contributed by atoms with E-state index < -0.39 is 23.1 Å². The van der Waals surface area contributed by atoms with Crippen LogP contribution in [0.1, 0.15) is 27.2 Å². The zero-order valence-electron chi connectivity index (χ0n) is 17.3. The summed E-state index contributed by atoms with van der Waals surface area (Å²) < 4.78 is 27.5. The number of H-pyrrole nitrogens is 1. The van der Waals surface area contributed by atoms with Gasteiger partial charge in [0.25, 0.3) is 11.5 Å². The minimum absolute atomic E-state index is 0.232. The zero-order valence-corrected chi connectivity index (χ0v) is 18.1. The Labute approximate surface area is 186 Å². The molecule has 1 amide bonds. The highest BCUT2D eigenvalue weighted by Crippen LogP contribution is 2.24.